The highest BCUT2D eigenvalue weighted by atomic mass is 32.2. The Kier molecular flexibility index (Phi) is 22.7. The Bertz CT molecular complexity index is 2770. The van der Waals surface area contributed by atoms with Crippen molar-refractivity contribution in [3.05, 3.63) is 83.4 Å². The summed E-state index contributed by atoms with van der Waals surface area (Å²) < 4.78 is 15.3. The highest BCUT2D eigenvalue weighted by Gasteiger charge is 2.50. The van der Waals surface area contributed by atoms with Gasteiger partial charge in [-0.1, -0.05) is 77.8 Å². The van der Waals surface area contributed by atoms with E-state index in [1.165, 1.54) is 32.9 Å². The second-order valence-electron chi connectivity index (χ2n) is 21.7. The predicted octanol–water partition coefficient (Wildman–Crippen LogP) is -2.22. The molecule has 0 aromatic heterocycles. The molecule has 1 aliphatic carbocycles. The van der Waals surface area contributed by atoms with Crippen LogP contribution in [0.5, 0.6) is 11.5 Å². The molecule has 29 heteroatoms. The molecule has 7 amide bonds. The Morgan fingerprint density at radius 2 is 1.39 bits per heavy atom. The van der Waals surface area contributed by atoms with E-state index in [0.717, 1.165) is 43.0 Å². The van der Waals surface area contributed by atoms with E-state index < -0.39 is 190 Å². The van der Waals surface area contributed by atoms with Gasteiger partial charge in [0.2, 0.25) is 35.4 Å². The van der Waals surface area contributed by atoms with Gasteiger partial charge in [0, 0.05) is 82.5 Å². The number of ether oxygens (including phenoxy) is 1. The number of nitrogens with one attached hydrogen (secondary N) is 4. The number of rotatable bonds is 18. The summed E-state index contributed by atoms with van der Waals surface area (Å²) in [6.07, 6.45) is -13.0. The lowest BCUT2D eigenvalue weighted by Gasteiger charge is -2.34. The van der Waals surface area contributed by atoms with Gasteiger partial charge in [-0.15, -0.1) is 0 Å². The minimum atomic E-state index is -2.17. The van der Waals surface area contributed by atoms with Crippen LogP contribution in [0.25, 0.3) is 11.1 Å². The molecule has 0 radical (unpaired) electrons. The average molecular weight is 1200 g/mol. The zero-order chi connectivity index (χ0) is 61.1. The number of aliphatic hydroxyl groups is 8. The van der Waals surface area contributed by atoms with Crippen LogP contribution in [0.4, 0.5) is 4.79 Å². The van der Waals surface area contributed by atoms with Gasteiger partial charge in [-0.3, -0.25) is 28.8 Å². The predicted molar refractivity (Wildman–Crippen MR) is 293 cm³/mol. The molecular weight excluding hydrogens is 1130 g/mol. The van der Waals surface area contributed by atoms with E-state index in [4.69, 9.17) is 14.2 Å². The summed E-state index contributed by atoms with van der Waals surface area (Å²) in [5.74, 6) is -10.7. The van der Waals surface area contributed by atoms with E-state index in [0.29, 0.717) is 0 Å². The molecule has 14 N–H and O–H groups in total. The van der Waals surface area contributed by atoms with Crippen molar-refractivity contribution in [3.8, 4) is 22.6 Å². The quantitative estimate of drug-likeness (QED) is 0.0278. The van der Waals surface area contributed by atoms with Crippen molar-refractivity contribution in [1.29, 1.82) is 0 Å². The first-order valence-corrected chi connectivity index (χ1v) is 28.1. The van der Waals surface area contributed by atoms with Gasteiger partial charge in [0.05, 0.1) is 36.6 Å². The molecule has 7 rings (SSSR count). The van der Waals surface area contributed by atoms with Gasteiger partial charge >= 0.3 is 6.09 Å². The Morgan fingerprint density at radius 1 is 0.762 bits per heavy atom. The number of nitrogens with zero attached hydrogens (tertiary/aromatic N) is 3. The first-order valence-electron chi connectivity index (χ1n) is 27.4. The number of carbonyl (C=O) groups is 7. The molecule has 3 fully saturated rings. The molecule has 0 saturated carbocycles. The van der Waals surface area contributed by atoms with Gasteiger partial charge in [-0.2, -0.15) is 0 Å². The standard InChI is InChI=1S/C55H73N7O21S/c1-27-16-32(66)20-56-52(75)47-48(71)28(2)21-62(47)54(77)46(41(69)14-15-60(22-31(24-63)25-64)55(78)80-26-38-36-10-6-4-8-34(36)35-9-5-7-11-37(35)38)59-51(74)45(42(70)17-30-12-13-40(68)43(18-30)81-84-83-82-79)58-50(73)39-19-33(67)23-61(39)53(76)44(29(3)65)57-49(27)72/h4-13,18,27-29,31-33,38-39,41-42,44-48,63-71,79H,14-17,19-26H2,1-3H3,(H,56,75)(H,57,72)(H,58,73)(H,59,74)/t27-,28-,29+,32+,33+,39-,41+,42+,44-,45-,46-,47-,48-/m0/s1. The fourth-order valence-electron chi connectivity index (χ4n) is 11.0. The van der Waals surface area contributed by atoms with Crippen LogP contribution < -0.4 is 25.5 Å². The maximum atomic E-state index is 15.2. The number of fused-ring (bicyclic) bond motifs is 5. The van der Waals surface area contributed by atoms with E-state index in [9.17, 15) is 69.9 Å². The molecule has 3 heterocycles. The Labute approximate surface area is 486 Å². The van der Waals surface area contributed by atoms with Crippen LogP contribution in [-0.4, -0.2) is 227 Å². The van der Waals surface area contributed by atoms with Crippen LogP contribution >= 0.6 is 12.3 Å². The highest BCUT2D eigenvalue weighted by molar-refractivity contribution is 7.90. The third-order valence-electron chi connectivity index (χ3n) is 15.6. The molecule has 13 atom stereocenters. The number of phenolic OH excluding ortho intramolecular Hbond substituents is 1. The minimum Gasteiger partial charge on any atom is -0.504 e. The third-order valence-corrected chi connectivity index (χ3v) is 16.0. The van der Waals surface area contributed by atoms with Gasteiger partial charge in [-0.05, 0) is 59.7 Å². The molecule has 3 aliphatic heterocycles. The summed E-state index contributed by atoms with van der Waals surface area (Å²) in [5.41, 5.74) is 3.78. The van der Waals surface area contributed by atoms with Gasteiger partial charge in [0.1, 0.15) is 36.8 Å². The van der Waals surface area contributed by atoms with Crippen LogP contribution in [0.2, 0.25) is 0 Å². The Morgan fingerprint density at radius 3 is 2.04 bits per heavy atom. The topological polar surface area (TPSA) is 417 Å². The van der Waals surface area contributed by atoms with Crippen molar-refractivity contribution >= 4 is 53.9 Å². The lowest BCUT2D eigenvalue weighted by atomic mass is 9.98. The number of hydrogen-bond donors (Lipinski definition) is 14. The van der Waals surface area contributed by atoms with Gasteiger partial charge in [0.15, 0.2) is 11.5 Å². The molecule has 460 valence electrons. The Hall–Kier alpha value is -6.74. The first-order chi connectivity index (χ1) is 40.1. The number of carbonyl (C=O) groups excluding carboxylic acids is 7. The highest BCUT2D eigenvalue weighted by Crippen LogP contribution is 2.44. The molecule has 3 aromatic carbocycles. The molecule has 0 bridgehead atoms. The number of aromatic hydroxyl groups is 1. The number of amides is 7. The van der Waals surface area contributed by atoms with Crippen molar-refractivity contribution in [2.75, 3.05) is 52.5 Å². The second kappa shape index (κ2) is 29.4. The molecule has 0 unspecified atom stereocenters. The van der Waals surface area contributed by atoms with Crippen LogP contribution in [0, 0.1) is 17.8 Å². The first kappa shape index (κ1) is 64.8. The van der Waals surface area contributed by atoms with E-state index in [1.54, 1.807) is 0 Å². The lowest BCUT2D eigenvalue weighted by Crippen LogP contribution is -2.64. The van der Waals surface area contributed by atoms with Crippen LogP contribution in [-0.2, 0) is 49.3 Å². The van der Waals surface area contributed by atoms with E-state index in [-0.39, 0.29) is 49.8 Å². The number of β-amino-alcohol motifs (C(OH)–C–C–N with tert-alkyl or cyclic N) is 1. The molecule has 84 heavy (non-hydrogen) atoms. The van der Waals surface area contributed by atoms with Crippen molar-refractivity contribution in [1.82, 2.24) is 36.0 Å². The monoisotopic (exact) mass is 1200 g/mol. The fraction of sp³-hybridized carbons (Fsp3) is 0.545. The smallest absolute Gasteiger partial charge is 0.409 e. The molecule has 0 spiro atoms. The summed E-state index contributed by atoms with van der Waals surface area (Å²) >= 11 is 0.0684. The van der Waals surface area contributed by atoms with Crippen molar-refractivity contribution in [2.45, 2.75) is 119 Å². The van der Waals surface area contributed by atoms with E-state index in [1.807, 2.05) is 48.5 Å². The molecular formula is C55H73N7O21S. The zero-order valence-corrected chi connectivity index (χ0v) is 47.0. The summed E-state index contributed by atoms with van der Waals surface area (Å²) in [6.45, 7) is 0.481. The summed E-state index contributed by atoms with van der Waals surface area (Å²) in [4.78, 5) is 104. The normalized spacial score (nSPS) is 26.6. The summed E-state index contributed by atoms with van der Waals surface area (Å²) in [5, 5.41) is 121. The van der Waals surface area contributed by atoms with Crippen LogP contribution in [0.15, 0.2) is 66.7 Å². The molecule has 3 saturated heterocycles. The molecule has 28 nitrogen and oxygen atoms in total. The van der Waals surface area contributed by atoms with Crippen molar-refractivity contribution < 1.29 is 103 Å². The minimum absolute atomic E-state index is 0.0684. The summed E-state index contributed by atoms with van der Waals surface area (Å²) in [6, 6.07) is 9.26. The van der Waals surface area contributed by atoms with E-state index >= 15 is 9.59 Å². The number of benzene rings is 3. The largest absolute Gasteiger partial charge is 0.504 e. The van der Waals surface area contributed by atoms with Gasteiger partial charge in [0.25, 0.3) is 12.3 Å². The van der Waals surface area contributed by atoms with Crippen molar-refractivity contribution in [2.24, 2.45) is 17.8 Å². The second-order valence-corrected chi connectivity index (χ2v) is 22.2. The molecule has 4 aliphatic rings. The SMILES string of the molecule is C[C@H]1C[C@@H](O)CNC(=O)[C@@H]2[C@@H](O)[C@@H](C)CN2C(=O)[C@H]([C@H](O)CCN(CC(CO)CO)C(=O)OCC2c3ccccc3-c3ccccc32)NC(=O)[C@H]([C@H](O)Cc2ccc(O)c(OSOOO)c2)NC(=O)[C@@H]2C[C@@H](O)CN2C(=O)[C@H]([C@@H](C)O)NC1=O. The lowest BCUT2D eigenvalue weighted by molar-refractivity contribution is -0.433. The maximum Gasteiger partial charge on any atom is 0.409 e. The van der Waals surface area contributed by atoms with E-state index in [2.05, 4.69) is 30.6 Å². The van der Waals surface area contributed by atoms with Crippen LogP contribution in [0.1, 0.15) is 62.6 Å². The maximum absolute atomic E-state index is 15.2. The number of hydrogen-bond acceptors (Lipinski definition) is 22. The third kappa shape index (κ3) is 15.4. The van der Waals surface area contributed by atoms with Gasteiger partial charge < -0.3 is 90.8 Å². The average Bonchev–Trinajstić information content (AvgIpc) is 3.36. The molecule has 3 aromatic rings. The summed E-state index contributed by atoms with van der Waals surface area (Å²) in [7, 11) is 0. The number of phenols is 1. The van der Waals surface area contributed by atoms with Crippen molar-refractivity contribution in [3.63, 3.8) is 0 Å². The fourth-order valence-corrected chi connectivity index (χ4v) is 11.3. The van der Waals surface area contributed by atoms with Crippen LogP contribution in [0.3, 0.4) is 0 Å². The van der Waals surface area contributed by atoms with Gasteiger partial charge in [-0.25, -0.2) is 10.1 Å². The Balaban J connectivity index is 1.25. The number of aliphatic hydroxyl groups excluding tert-OH is 8. The zero-order valence-electron chi connectivity index (χ0n) is 46.2.